The fraction of sp³-hybridized carbons (Fsp3) is 0.167. The molecule has 0 unspecified atom stereocenters. The minimum absolute atomic E-state index is 0. The van der Waals surface area contributed by atoms with Crippen molar-refractivity contribution in [2.45, 2.75) is 6.54 Å². The zero-order valence-corrected chi connectivity index (χ0v) is 9.97. The van der Waals surface area contributed by atoms with Crippen molar-refractivity contribution >= 4 is 18.7 Å². The molecular formula is C12H13ClN2O2. The van der Waals surface area contributed by atoms with E-state index in [1.807, 2.05) is 22.9 Å². The third kappa shape index (κ3) is 3.60. The van der Waals surface area contributed by atoms with Gasteiger partial charge in [-0.1, -0.05) is 12.1 Å². The van der Waals surface area contributed by atoms with Crippen LogP contribution in [0.2, 0.25) is 0 Å². The summed E-state index contributed by atoms with van der Waals surface area (Å²) in [4.78, 5) is 14.7. The van der Waals surface area contributed by atoms with Gasteiger partial charge in [0.1, 0.15) is 12.4 Å². The van der Waals surface area contributed by atoms with Gasteiger partial charge in [-0.2, -0.15) is 0 Å². The number of para-hydroxylation sites is 1. The number of carbonyl (C=O) groups is 1. The van der Waals surface area contributed by atoms with Crippen molar-refractivity contribution in [2.75, 3.05) is 6.61 Å². The maximum atomic E-state index is 10.7. The van der Waals surface area contributed by atoms with Crippen LogP contribution in [0.25, 0.3) is 0 Å². The van der Waals surface area contributed by atoms with Crippen molar-refractivity contribution in [3.8, 4) is 5.75 Å². The van der Waals surface area contributed by atoms with Crippen molar-refractivity contribution in [1.82, 2.24) is 9.55 Å². The van der Waals surface area contributed by atoms with Gasteiger partial charge in [0.2, 0.25) is 0 Å². The van der Waals surface area contributed by atoms with Gasteiger partial charge in [-0.15, -0.1) is 12.4 Å². The molecule has 2 rings (SSSR count). The zero-order chi connectivity index (χ0) is 11.2. The van der Waals surface area contributed by atoms with Gasteiger partial charge in [-0.3, -0.25) is 4.79 Å². The molecule has 0 atom stereocenters. The van der Waals surface area contributed by atoms with Gasteiger partial charge in [-0.05, 0) is 12.1 Å². The van der Waals surface area contributed by atoms with Crippen molar-refractivity contribution in [2.24, 2.45) is 0 Å². The predicted octanol–water partition coefficient (Wildman–Crippen LogP) is 2.20. The van der Waals surface area contributed by atoms with E-state index in [1.54, 1.807) is 24.7 Å². The Morgan fingerprint density at radius 3 is 2.88 bits per heavy atom. The summed E-state index contributed by atoms with van der Waals surface area (Å²) in [5.41, 5.74) is 0.577. The van der Waals surface area contributed by atoms with Crippen LogP contribution in [0.5, 0.6) is 5.75 Å². The van der Waals surface area contributed by atoms with Crippen LogP contribution in [0.15, 0.2) is 43.0 Å². The Kier molecular flexibility index (Phi) is 5.23. The van der Waals surface area contributed by atoms with Gasteiger partial charge in [-0.25, -0.2) is 4.98 Å². The first-order chi connectivity index (χ1) is 7.90. The molecule has 0 N–H and O–H groups in total. The number of carbonyl (C=O) groups excluding carboxylic acids is 1. The largest absolute Gasteiger partial charge is 0.491 e. The molecule has 0 bridgehead atoms. The van der Waals surface area contributed by atoms with Crippen LogP contribution in [0.4, 0.5) is 0 Å². The predicted molar refractivity (Wildman–Crippen MR) is 66.8 cm³/mol. The van der Waals surface area contributed by atoms with E-state index < -0.39 is 0 Å². The van der Waals surface area contributed by atoms with Crippen molar-refractivity contribution in [3.63, 3.8) is 0 Å². The maximum Gasteiger partial charge on any atom is 0.153 e. The summed E-state index contributed by atoms with van der Waals surface area (Å²) in [6.07, 6.45) is 6.12. The quantitative estimate of drug-likeness (QED) is 0.767. The minimum Gasteiger partial charge on any atom is -0.491 e. The fourth-order valence-electron chi connectivity index (χ4n) is 1.39. The Labute approximate surface area is 106 Å². The van der Waals surface area contributed by atoms with Crippen LogP contribution in [-0.4, -0.2) is 22.4 Å². The number of imidazole rings is 1. The molecule has 0 fully saturated rings. The summed E-state index contributed by atoms with van der Waals surface area (Å²) in [6.45, 7) is 1.23. The van der Waals surface area contributed by atoms with Gasteiger partial charge in [0, 0.05) is 12.4 Å². The maximum absolute atomic E-state index is 10.7. The molecule has 5 heteroatoms. The first kappa shape index (κ1) is 13.3. The normalized spacial score (nSPS) is 9.41. The third-order valence-electron chi connectivity index (χ3n) is 2.21. The van der Waals surface area contributed by atoms with Gasteiger partial charge < -0.3 is 9.30 Å². The lowest BCUT2D eigenvalue weighted by atomic mass is 10.2. The first-order valence-electron chi connectivity index (χ1n) is 5.03. The van der Waals surface area contributed by atoms with Gasteiger partial charge >= 0.3 is 0 Å². The van der Waals surface area contributed by atoms with E-state index in [9.17, 15) is 4.79 Å². The standard InChI is InChI=1S/C12H12N2O2.ClH/c15-9-11-3-1-2-4-12(11)16-8-7-14-6-5-13-10-14;/h1-6,9-10H,7-8H2;1H. The smallest absolute Gasteiger partial charge is 0.153 e. The molecule has 0 radical (unpaired) electrons. The fourth-order valence-corrected chi connectivity index (χ4v) is 1.39. The lowest BCUT2D eigenvalue weighted by molar-refractivity contribution is 0.111. The second kappa shape index (κ2) is 6.70. The molecule has 0 amide bonds. The molecular weight excluding hydrogens is 240 g/mol. The third-order valence-corrected chi connectivity index (χ3v) is 2.21. The highest BCUT2D eigenvalue weighted by Crippen LogP contribution is 2.15. The molecule has 0 aliphatic rings. The number of hydrogen-bond donors (Lipinski definition) is 0. The number of ether oxygens (including phenoxy) is 1. The Bertz CT molecular complexity index is 457. The van der Waals surface area contributed by atoms with Crippen LogP contribution in [0, 0.1) is 0 Å². The average Bonchev–Trinajstić information content (AvgIpc) is 2.83. The SMILES string of the molecule is Cl.O=Cc1ccccc1OCCn1ccnc1. The van der Waals surface area contributed by atoms with Gasteiger partial charge in [0.05, 0.1) is 18.4 Å². The van der Waals surface area contributed by atoms with Crippen LogP contribution in [0.3, 0.4) is 0 Å². The van der Waals surface area contributed by atoms with E-state index in [-0.39, 0.29) is 12.4 Å². The van der Waals surface area contributed by atoms with Crippen LogP contribution in [-0.2, 0) is 6.54 Å². The molecule has 17 heavy (non-hydrogen) atoms. The number of nitrogens with zero attached hydrogens (tertiary/aromatic N) is 2. The summed E-state index contributed by atoms with van der Waals surface area (Å²) in [6, 6.07) is 7.18. The Morgan fingerprint density at radius 1 is 1.35 bits per heavy atom. The molecule has 4 nitrogen and oxygen atoms in total. The molecule has 0 aliphatic carbocycles. The van der Waals surface area contributed by atoms with E-state index in [0.717, 1.165) is 6.29 Å². The summed E-state index contributed by atoms with van der Waals surface area (Å²) >= 11 is 0. The lowest BCUT2D eigenvalue weighted by Crippen LogP contribution is -2.07. The van der Waals surface area contributed by atoms with E-state index in [4.69, 9.17) is 4.74 Å². The van der Waals surface area contributed by atoms with E-state index in [0.29, 0.717) is 24.5 Å². The summed E-state index contributed by atoms with van der Waals surface area (Å²) < 4.78 is 7.44. The number of rotatable bonds is 5. The number of halogens is 1. The Balaban J connectivity index is 0.00000144. The topological polar surface area (TPSA) is 44.1 Å². The van der Waals surface area contributed by atoms with Crippen molar-refractivity contribution < 1.29 is 9.53 Å². The van der Waals surface area contributed by atoms with E-state index in [1.165, 1.54) is 0 Å². The number of aromatic nitrogens is 2. The second-order valence-corrected chi connectivity index (χ2v) is 3.30. The zero-order valence-electron chi connectivity index (χ0n) is 9.15. The van der Waals surface area contributed by atoms with Crippen LogP contribution < -0.4 is 4.74 Å². The van der Waals surface area contributed by atoms with Crippen molar-refractivity contribution in [1.29, 1.82) is 0 Å². The lowest BCUT2D eigenvalue weighted by Gasteiger charge is -2.08. The Hall–Kier alpha value is -1.81. The van der Waals surface area contributed by atoms with E-state index in [2.05, 4.69) is 4.98 Å². The summed E-state index contributed by atoms with van der Waals surface area (Å²) in [5.74, 6) is 0.623. The molecule has 2 aromatic rings. The molecule has 90 valence electrons. The molecule has 1 heterocycles. The number of aldehydes is 1. The van der Waals surface area contributed by atoms with Crippen molar-refractivity contribution in [3.05, 3.63) is 48.5 Å². The highest BCUT2D eigenvalue weighted by atomic mass is 35.5. The highest BCUT2D eigenvalue weighted by molar-refractivity contribution is 5.85. The average molecular weight is 253 g/mol. The minimum atomic E-state index is 0. The van der Waals surface area contributed by atoms with Gasteiger partial charge in [0.25, 0.3) is 0 Å². The number of benzene rings is 1. The highest BCUT2D eigenvalue weighted by Gasteiger charge is 2.00. The summed E-state index contributed by atoms with van der Waals surface area (Å²) in [5, 5.41) is 0. The Morgan fingerprint density at radius 2 is 2.18 bits per heavy atom. The second-order valence-electron chi connectivity index (χ2n) is 3.30. The molecule has 0 spiro atoms. The monoisotopic (exact) mass is 252 g/mol. The molecule has 0 saturated heterocycles. The molecule has 1 aromatic heterocycles. The number of hydrogen-bond acceptors (Lipinski definition) is 3. The molecule has 0 aliphatic heterocycles. The first-order valence-corrected chi connectivity index (χ1v) is 5.03. The van der Waals surface area contributed by atoms with Gasteiger partial charge in [0.15, 0.2) is 6.29 Å². The van der Waals surface area contributed by atoms with Crippen LogP contribution in [0.1, 0.15) is 10.4 Å². The summed E-state index contributed by atoms with van der Waals surface area (Å²) in [7, 11) is 0. The van der Waals surface area contributed by atoms with Crippen LogP contribution >= 0.6 is 12.4 Å². The molecule has 1 aromatic carbocycles. The molecule has 0 saturated carbocycles. The van der Waals surface area contributed by atoms with E-state index >= 15 is 0 Å².